The van der Waals surface area contributed by atoms with Crippen LogP contribution >= 0.6 is 0 Å². The maximum absolute atomic E-state index is 6.01. The van der Waals surface area contributed by atoms with Gasteiger partial charge < -0.3 is 14.9 Å². The molecule has 51 heavy (non-hydrogen) atoms. The second kappa shape index (κ2) is 11.8. The zero-order valence-corrected chi connectivity index (χ0v) is 27.4. The SMILES string of the molecule is NC1OC1c1cncc(-c2ccc3c4ccc(-c5cncc(-c6ncco6)c5)cc4c4cc(-c5ccccc5)c(-c5ccccc5)cc4c3c2)c1. The summed E-state index contributed by atoms with van der Waals surface area (Å²) in [5.41, 5.74) is 16.7. The Labute approximate surface area is 293 Å². The molecule has 10 rings (SSSR count). The van der Waals surface area contributed by atoms with Crippen LogP contribution in [0.3, 0.4) is 0 Å². The van der Waals surface area contributed by atoms with Crippen molar-refractivity contribution in [3.8, 4) is 56.0 Å². The number of fused-ring (bicyclic) bond motifs is 6. The smallest absolute Gasteiger partial charge is 0.227 e. The predicted octanol–water partition coefficient (Wildman–Crippen LogP) is 10.6. The van der Waals surface area contributed by atoms with Gasteiger partial charge in [0.1, 0.15) is 18.6 Å². The highest BCUT2D eigenvalue weighted by Crippen LogP contribution is 2.44. The lowest BCUT2D eigenvalue weighted by atomic mass is 9.86. The molecule has 0 amide bonds. The molecule has 6 nitrogen and oxygen atoms in total. The van der Waals surface area contributed by atoms with E-state index in [9.17, 15) is 0 Å². The van der Waals surface area contributed by atoms with Crippen LogP contribution in [0.2, 0.25) is 0 Å². The first-order valence-electron chi connectivity index (χ1n) is 17.0. The average molecular weight is 659 g/mol. The Bertz CT molecular complexity index is 2750. The molecule has 0 saturated carbocycles. The van der Waals surface area contributed by atoms with Gasteiger partial charge in [-0.05, 0) is 102 Å². The average Bonchev–Trinajstić information content (AvgIpc) is 3.68. The van der Waals surface area contributed by atoms with Crippen LogP contribution in [0.1, 0.15) is 11.7 Å². The van der Waals surface area contributed by atoms with Crippen molar-refractivity contribution in [2.24, 2.45) is 5.73 Å². The second-order valence-corrected chi connectivity index (χ2v) is 13.0. The molecule has 2 atom stereocenters. The van der Waals surface area contributed by atoms with E-state index in [1.165, 1.54) is 54.6 Å². The minimum Gasteiger partial charge on any atom is -0.444 e. The summed E-state index contributed by atoms with van der Waals surface area (Å²) in [5.74, 6) is 0.548. The zero-order chi connectivity index (χ0) is 33.9. The number of hydrogen-bond donors (Lipinski definition) is 1. The standard InChI is InChI=1S/C45H30N4O2/c46-44-43(51-44)33-17-31(23-47-25-33)29-11-13-35-36-14-12-30(32-18-34(26-48-24-32)45-49-15-16-50-45)20-40(36)42-22-38(28-9-5-2-6-10-28)37(21-41(42)39(35)19-29)27-7-3-1-4-8-27/h1-26,43-44H,46H2. The van der Waals surface area contributed by atoms with Gasteiger partial charge in [0.05, 0.1) is 11.8 Å². The molecule has 1 saturated heterocycles. The number of epoxide rings is 1. The van der Waals surface area contributed by atoms with Crippen molar-refractivity contribution < 1.29 is 9.15 Å². The van der Waals surface area contributed by atoms with Gasteiger partial charge in [-0.1, -0.05) is 84.9 Å². The summed E-state index contributed by atoms with van der Waals surface area (Å²) in [5, 5.41) is 7.07. The Morgan fingerprint density at radius 1 is 0.471 bits per heavy atom. The molecule has 1 fully saturated rings. The van der Waals surface area contributed by atoms with Crippen molar-refractivity contribution in [3.05, 3.63) is 164 Å². The number of rotatable bonds is 6. The number of pyridine rings is 2. The van der Waals surface area contributed by atoms with E-state index in [0.29, 0.717) is 5.89 Å². The molecule has 0 radical (unpaired) electrons. The molecule has 2 unspecified atom stereocenters. The zero-order valence-electron chi connectivity index (χ0n) is 27.4. The predicted molar refractivity (Wildman–Crippen MR) is 204 cm³/mol. The summed E-state index contributed by atoms with van der Waals surface area (Å²) in [4.78, 5) is 13.5. The topological polar surface area (TPSA) is 90.4 Å². The van der Waals surface area contributed by atoms with Crippen molar-refractivity contribution in [1.82, 2.24) is 15.0 Å². The molecule has 0 aliphatic carbocycles. The van der Waals surface area contributed by atoms with Crippen molar-refractivity contribution in [3.63, 3.8) is 0 Å². The Kier molecular flexibility index (Phi) is 6.84. The first-order chi connectivity index (χ1) is 25.2. The monoisotopic (exact) mass is 658 g/mol. The summed E-state index contributed by atoms with van der Waals surface area (Å²) in [6.45, 7) is 0. The molecule has 3 aromatic heterocycles. The highest BCUT2D eigenvalue weighted by molar-refractivity contribution is 6.27. The van der Waals surface area contributed by atoms with E-state index >= 15 is 0 Å². The third-order valence-corrected chi connectivity index (χ3v) is 9.93. The summed E-state index contributed by atoms with van der Waals surface area (Å²) in [6, 6.07) is 43.8. The van der Waals surface area contributed by atoms with Crippen LogP contribution in [0, 0.1) is 0 Å². The Balaban J connectivity index is 1.26. The maximum atomic E-state index is 6.01. The quantitative estimate of drug-likeness (QED) is 0.141. The number of ether oxygens (including phenoxy) is 1. The molecule has 6 heteroatoms. The van der Waals surface area contributed by atoms with Crippen LogP contribution in [-0.2, 0) is 4.74 Å². The number of nitrogens with zero attached hydrogens (tertiary/aromatic N) is 3. The van der Waals surface area contributed by atoms with E-state index in [4.69, 9.17) is 14.9 Å². The molecule has 4 heterocycles. The summed E-state index contributed by atoms with van der Waals surface area (Å²) < 4.78 is 11.2. The van der Waals surface area contributed by atoms with Gasteiger partial charge in [-0.3, -0.25) is 9.97 Å². The van der Waals surface area contributed by atoms with Gasteiger partial charge >= 0.3 is 0 Å². The summed E-state index contributed by atoms with van der Waals surface area (Å²) in [6.07, 6.45) is 10.3. The van der Waals surface area contributed by atoms with E-state index in [2.05, 4.69) is 136 Å². The van der Waals surface area contributed by atoms with Gasteiger partial charge in [0, 0.05) is 41.5 Å². The minimum absolute atomic E-state index is 0.104. The van der Waals surface area contributed by atoms with Crippen molar-refractivity contribution in [2.75, 3.05) is 0 Å². The van der Waals surface area contributed by atoms with Gasteiger partial charge in [-0.25, -0.2) is 4.98 Å². The fourth-order valence-corrected chi connectivity index (χ4v) is 7.37. The second-order valence-electron chi connectivity index (χ2n) is 13.0. The van der Waals surface area contributed by atoms with Crippen molar-refractivity contribution in [2.45, 2.75) is 12.3 Å². The van der Waals surface area contributed by atoms with Crippen LogP contribution in [0.5, 0.6) is 0 Å². The molecular formula is C45H30N4O2. The number of oxazole rings is 1. The number of nitrogens with two attached hydrogens (primary N) is 1. The van der Waals surface area contributed by atoms with Crippen LogP contribution < -0.4 is 5.73 Å². The fourth-order valence-electron chi connectivity index (χ4n) is 7.37. The highest BCUT2D eigenvalue weighted by Gasteiger charge is 2.37. The first kappa shape index (κ1) is 29.4. The molecule has 2 N–H and O–H groups in total. The van der Waals surface area contributed by atoms with Crippen molar-refractivity contribution >= 4 is 32.3 Å². The molecule has 0 spiro atoms. The molecule has 1 aliphatic rings. The van der Waals surface area contributed by atoms with Gasteiger partial charge in [-0.2, -0.15) is 0 Å². The molecular weight excluding hydrogens is 629 g/mol. The van der Waals surface area contributed by atoms with Gasteiger partial charge in [-0.15, -0.1) is 0 Å². The first-order valence-corrected chi connectivity index (χ1v) is 17.0. The lowest BCUT2D eigenvalue weighted by Gasteiger charge is -2.18. The maximum Gasteiger partial charge on any atom is 0.227 e. The third kappa shape index (κ3) is 5.17. The molecule has 6 aromatic carbocycles. The molecule has 0 bridgehead atoms. The van der Waals surface area contributed by atoms with Crippen LogP contribution in [0.15, 0.2) is 163 Å². The van der Waals surface area contributed by atoms with E-state index < -0.39 is 0 Å². The van der Waals surface area contributed by atoms with E-state index in [1.54, 1.807) is 18.7 Å². The van der Waals surface area contributed by atoms with Crippen LogP contribution in [0.25, 0.3) is 88.3 Å². The Morgan fingerprint density at radius 3 is 1.55 bits per heavy atom. The normalized spacial score (nSPS) is 15.5. The fraction of sp³-hybridized carbons (Fsp3) is 0.0444. The lowest BCUT2D eigenvalue weighted by Crippen LogP contribution is -2.01. The summed E-state index contributed by atoms with van der Waals surface area (Å²) >= 11 is 0. The number of hydrogen-bond acceptors (Lipinski definition) is 6. The Hall–Kier alpha value is -6.47. The molecule has 1 aliphatic heterocycles. The minimum atomic E-state index is -0.269. The molecule has 9 aromatic rings. The van der Waals surface area contributed by atoms with Crippen LogP contribution in [0.4, 0.5) is 0 Å². The highest BCUT2D eigenvalue weighted by atomic mass is 16.6. The Morgan fingerprint density at radius 2 is 1.00 bits per heavy atom. The number of aromatic nitrogens is 3. The largest absolute Gasteiger partial charge is 0.444 e. The van der Waals surface area contributed by atoms with Gasteiger partial charge in [0.15, 0.2) is 0 Å². The van der Waals surface area contributed by atoms with Crippen LogP contribution in [-0.4, -0.2) is 21.2 Å². The van der Waals surface area contributed by atoms with Crippen molar-refractivity contribution in [1.29, 1.82) is 0 Å². The van der Waals surface area contributed by atoms with E-state index in [0.717, 1.165) is 33.4 Å². The van der Waals surface area contributed by atoms with Gasteiger partial charge in [0.25, 0.3) is 0 Å². The third-order valence-electron chi connectivity index (χ3n) is 9.93. The van der Waals surface area contributed by atoms with E-state index in [-0.39, 0.29) is 12.3 Å². The van der Waals surface area contributed by atoms with E-state index in [1.807, 2.05) is 18.6 Å². The molecule has 242 valence electrons. The summed E-state index contributed by atoms with van der Waals surface area (Å²) in [7, 11) is 0. The number of benzene rings is 6. The lowest BCUT2D eigenvalue weighted by molar-refractivity contribution is 0.377. The van der Waals surface area contributed by atoms with Gasteiger partial charge in [0.2, 0.25) is 5.89 Å².